The molecule has 0 saturated heterocycles. The van der Waals surface area contributed by atoms with Crippen molar-refractivity contribution in [3.05, 3.63) is 443 Å². The van der Waals surface area contributed by atoms with Gasteiger partial charge in [0, 0.05) is 100 Å². The average molecular weight is 1600 g/mol. The normalized spacial score (nSPS) is 11.5. The van der Waals surface area contributed by atoms with Crippen LogP contribution in [0.1, 0.15) is 0 Å². The van der Waals surface area contributed by atoms with Crippen LogP contribution in [-0.2, 0) is 0 Å². The summed E-state index contributed by atoms with van der Waals surface area (Å²) in [6, 6.07) is 149. The molecule has 0 aliphatic rings. The van der Waals surface area contributed by atoms with Crippen LogP contribution in [0.4, 0.5) is 0 Å². The van der Waals surface area contributed by atoms with Crippen LogP contribution in [0.2, 0.25) is 0 Å². The molecule has 9 heteroatoms. The number of hydrogen-bond donors (Lipinski definition) is 0. The lowest BCUT2D eigenvalue weighted by Gasteiger charge is -2.14. The van der Waals surface area contributed by atoms with Crippen LogP contribution in [0.25, 0.3) is 242 Å². The molecule has 25 rings (SSSR count). The van der Waals surface area contributed by atoms with Crippen LogP contribution in [0.3, 0.4) is 0 Å². The summed E-state index contributed by atoms with van der Waals surface area (Å²) < 4.78 is 0. The summed E-state index contributed by atoms with van der Waals surface area (Å²) in [6.07, 6.45) is 5.49. The smallest absolute Gasteiger partial charge is 0.0972 e. The molecule has 0 bridgehead atoms. The van der Waals surface area contributed by atoms with E-state index in [9.17, 15) is 0 Å². The molecule has 0 saturated carbocycles. The maximum atomic E-state index is 5.17. The fraction of sp³-hybridized carbons (Fsp3) is 0. The van der Waals surface area contributed by atoms with E-state index in [-0.39, 0.29) is 0 Å². The number of hydrogen-bond acceptors (Lipinski definition) is 9. The maximum absolute atomic E-state index is 5.17. The molecule has 0 aliphatic heterocycles. The summed E-state index contributed by atoms with van der Waals surface area (Å²) in [5.74, 6) is 0. The highest BCUT2D eigenvalue weighted by molar-refractivity contribution is 6.18. The lowest BCUT2D eigenvalue weighted by atomic mass is 9.93. The molecule has 126 heavy (non-hydrogen) atoms. The minimum Gasteiger partial charge on any atom is -0.254 e. The molecule has 0 N–H and O–H groups in total. The predicted octanol–water partition coefficient (Wildman–Crippen LogP) is 30.1. The highest BCUT2D eigenvalue weighted by Gasteiger charge is 2.20. The molecule has 0 atom stereocenters. The largest absolute Gasteiger partial charge is 0.254 e. The van der Waals surface area contributed by atoms with Gasteiger partial charge in [-0.2, -0.15) is 0 Å². The Balaban J connectivity index is 0.000000109. The van der Waals surface area contributed by atoms with Crippen molar-refractivity contribution in [2.24, 2.45) is 0 Å². The molecule has 0 spiro atoms. The molecular weight excluding hydrogens is 1530 g/mol. The third-order valence-corrected chi connectivity index (χ3v) is 24.3. The van der Waals surface area contributed by atoms with Gasteiger partial charge in [-0.25, -0.2) is 29.9 Å². The Labute approximate surface area is 725 Å². The second-order valence-corrected chi connectivity index (χ2v) is 31.8. The predicted molar refractivity (Wildman–Crippen MR) is 524 cm³/mol. The summed E-state index contributed by atoms with van der Waals surface area (Å²) >= 11 is 0. The van der Waals surface area contributed by atoms with E-state index in [4.69, 9.17) is 29.9 Å². The Morgan fingerprint density at radius 3 is 0.778 bits per heavy atom. The van der Waals surface area contributed by atoms with Gasteiger partial charge >= 0.3 is 0 Å². The summed E-state index contributed by atoms with van der Waals surface area (Å²) in [5.41, 5.74) is 30.0. The first-order chi connectivity index (χ1) is 62.4. The van der Waals surface area contributed by atoms with Crippen LogP contribution in [0, 0.1) is 0 Å². The lowest BCUT2D eigenvalue weighted by molar-refractivity contribution is 1.36. The first kappa shape index (κ1) is 74.1. The van der Waals surface area contributed by atoms with Crippen LogP contribution in [-0.4, -0.2) is 44.9 Å². The maximum Gasteiger partial charge on any atom is 0.0972 e. The zero-order chi connectivity index (χ0) is 83.4. The standard InChI is InChI=1S/C43H27N3.2C37H23N3/c1-3-9-28(10-4-1)36-27-40(44-39-26-21-29-11-7-8-14-35(29)41(36)39)32-17-15-31(16-18-32)38-25-23-34-20-19-33-22-24-37(30-12-5-2-6-13-30)45-42(33)43(34)46-38;1-2-8-24(9-3-1)32-23-34(40-33-19-18-25-10-4-5-12-29(25)35(32)33)27-16-14-26(15-17-27)31-22-28-11-6-20-38-36(28)37-30(31)13-7-21-39-37;1-2-7-24(8-3-1)31-23-34(39-33-21-18-25-9-4-5-11-30(25)35(31)33)27-14-12-26(13-15-27)32-20-19-29-17-16-28-10-6-22-38-36(28)37(29)40-32/h1-27H;2*1-23H. The van der Waals surface area contributed by atoms with Gasteiger partial charge in [0.15, 0.2) is 0 Å². The van der Waals surface area contributed by atoms with Gasteiger partial charge < -0.3 is 0 Å². The first-order valence-corrected chi connectivity index (χ1v) is 42.4. The number of aromatic nitrogens is 9. The van der Waals surface area contributed by atoms with Gasteiger partial charge in [-0.05, 0) is 156 Å². The minimum absolute atomic E-state index is 0.910. The quantitative estimate of drug-likeness (QED) is 0.123. The number of benzene rings is 16. The molecule has 0 fully saturated rings. The van der Waals surface area contributed by atoms with Crippen LogP contribution >= 0.6 is 0 Å². The molecule has 0 unspecified atom stereocenters. The molecule has 16 aromatic carbocycles. The van der Waals surface area contributed by atoms with E-state index in [2.05, 4.69) is 403 Å². The van der Waals surface area contributed by atoms with Crippen molar-refractivity contribution in [3.8, 4) is 112 Å². The Kier molecular flexibility index (Phi) is 18.7. The van der Waals surface area contributed by atoms with E-state index in [1.54, 1.807) is 0 Å². The van der Waals surface area contributed by atoms with Gasteiger partial charge in [0.2, 0.25) is 0 Å². The third-order valence-electron chi connectivity index (χ3n) is 24.3. The second kappa shape index (κ2) is 31.9. The Hall–Kier alpha value is -17.0. The lowest BCUT2D eigenvalue weighted by Crippen LogP contribution is -1.92. The van der Waals surface area contributed by atoms with Crippen LogP contribution in [0.5, 0.6) is 0 Å². The molecule has 9 aromatic heterocycles. The first-order valence-electron chi connectivity index (χ1n) is 42.4. The number of fused-ring (bicyclic) bond motifs is 18. The topological polar surface area (TPSA) is 116 Å². The van der Waals surface area contributed by atoms with Gasteiger partial charge in [0.1, 0.15) is 0 Å². The van der Waals surface area contributed by atoms with Crippen molar-refractivity contribution in [2.75, 3.05) is 0 Å². The van der Waals surface area contributed by atoms with Crippen LogP contribution < -0.4 is 0 Å². The zero-order valence-electron chi connectivity index (χ0n) is 68.2. The SMILES string of the molecule is c1ccc(-c2cc(-c3ccc(-c4cc5cccnc5c5ncccc45)cc3)nc3ccc4ccccc4c23)cc1.c1ccc(-c2cc(-c3ccc(-c4ccc5ccc6cccnc6c5n4)cc3)nc3ccc4ccccc4c23)cc1.c1ccc(-c2ccc3ccc4ccc(-c5ccc(-c6cc(-c7ccccc7)c7c(ccc8ccccc87)n6)cc5)nc4c3n2)cc1. The minimum atomic E-state index is 0.910. The van der Waals surface area contributed by atoms with Gasteiger partial charge in [-0.1, -0.05) is 346 Å². The van der Waals surface area contributed by atoms with Gasteiger partial charge in [0.25, 0.3) is 0 Å². The molecule has 9 nitrogen and oxygen atoms in total. The number of pyridine rings is 9. The molecule has 0 aliphatic carbocycles. The van der Waals surface area contributed by atoms with Crippen molar-refractivity contribution in [1.29, 1.82) is 0 Å². The van der Waals surface area contributed by atoms with Crippen molar-refractivity contribution in [1.82, 2.24) is 44.9 Å². The van der Waals surface area contributed by atoms with E-state index in [0.717, 1.165) is 161 Å². The fourth-order valence-corrected chi connectivity index (χ4v) is 18.0. The van der Waals surface area contributed by atoms with E-state index in [1.165, 1.54) is 81.9 Å². The van der Waals surface area contributed by atoms with Crippen molar-refractivity contribution in [3.63, 3.8) is 0 Å². The van der Waals surface area contributed by atoms with Crippen molar-refractivity contribution in [2.45, 2.75) is 0 Å². The van der Waals surface area contributed by atoms with E-state index in [0.29, 0.717) is 0 Å². The zero-order valence-corrected chi connectivity index (χ0v) is 68.2. The Bertz CT molecular complexity index is 8540. The van der Waals surface area contributed by atoms with Gasteiger partial charge in [-0.3, -0.25) is 15.0 Å². The summed E-state index contributed by atoms with van der Waals surface area (Å²) in [7, 11) is 0. The van der Waals surface area contributed by atoms with Crippen molar-refractivity contribution >= 4 is 130 Å². The van der Waals surface area contributed by atoms with Gasteiger partial charge in [0.05, 0.1) is 83.8 Å². The van der Waals surface area contributed by atoms with E-state index >= 15 is 0 Å². The second-order valence-electron chi connectivity index (χ2n) is 31.8. The summed E-state index contributed by atoms with van der Waals surface area (Å²) in [5, 5.41) is 17.4. The van der Waals surface area contributed by atoms with Crippen LogP contribution in [0.15, 0.2) is 443 Å². The van der Waals surface area contributed by atoms with E-state index < -0.39 is 0 Å². The van der Waals surface area contributed by atoms with E-state index in [1.807, 2.05) is 55.0 Å². The monoisotopic (exact) mass is 1600 g/mol. The summed E-state index contributed by atoms with van der Waals surface area (Å²) in [6.45, 7) is 0. The number of nitrogens with zero attached hydrogens (tertiary/aromatic N) is 9. The molecule has 25 aromatic rings. The highest BCUT2D eigenvalue weighted by atomic mass is 14.8. The summed E-state index contributed by atoms with van der Waals surface area (Å²) in [4.78, 5) is 44.6. The number of rotatable bonds is 10. The highest BCUT2D eigenvalue weighted by Crippen LogP contribution is 2.43. The third kappa shape index (κ3) is 13.8. The molecule has 0 amide bonds. The molecule has 0 radical (unpaired) electrons. The molecular formula is C117H73N9. The molecule has 9 heterocycles. The Morgan fingerprint density at radius 1 is 0.135 bits per heavy atom. The Morgan fingerprint density at radius 2 is 0.389 bits per heavy atom. The van der Waals surface area contributed by atoms with Crippen molar-refractivity contribution < 1.29 is 0 Å². The average Bonchev–Trinajstić information content (AvgIpc) is 0.756. The van der Waals surface area contributed by atoms with Gasteiger partial charge in [-0.15, -0.1) is 0 Å². The fourth-order valence-electron chi connectivity index (χ4n) is 18.0. The molecule has 586 valence electrons.